The van der Waals surface area contributed by atoms with Crippen molar-refractivity contribution >= 4 is 33.6 Å². The van der Waals surface area contributed by atoms with Gasteiger partial charge in [-0.1, -0.05) is 41.6 Å². The summed E-state index contributed by atoms with van der Waals surface area (Å²) in [6.07, 6.45) is 7.03. The molecule has 3 rings (SSSR count). The highest BCUT2D eigenvalue weighted by Gasteiger charge is 2.11. The normalized spacial score (nSPS) is 12.8. The Morgan fingerprint density at radius 1 is 1.25 bits per heavy atom. The Balaban J connectivity index is 1.81. The number of likely N-dealkylation sites (N-methyl/N-ethyl adjacent to an activating group) is 1. The molecule has 168 valence electrons. The third-order valence-electron chi connectivity index (χ3n) is 4.71. The number of nitrogens with one attached hydrogen (secondary N) is 2. The number of hydrogen-bond donors (Lipinski definition) is 3. The molecule has 0 bridgehead atoms. The molecule has 0 aliphatic rings. The van der Waals surface area contributed by atoms with E-state index in [-0.39, 0.29) is 0 Å². The molecule has 3 aromatic rings. The van der Waals surface area contributed by atoms with E-state index in [1.807, 2.05) is 69.6 Å². The first-order chi connectivity index (χ1) is 15.5. The van der Waals surface area contributed by atoms with E-state index in [1.165, 1.54) is 6.21 Å². The largest absolute Gasteiger partial charge is 0.411 e. The number of benzene rings is 1. The summed E-state index contributed by atoms with van der Waals surface area (Å²) in [5.41, 5.74) is 4.41. The number of oxime groups is 1. The van der Waals surface area contributed by atoms with Gasteiger partial charge in [-0.15, -0.1) is 0 Å². The van der Waals surface area contributed by atoms with Crippen LogP contribution in [0.2, 0.25) is 0 Å². The molecule has 0 saturated carbocycles. The smallest absolute Gasteiger partial charge is 0.172 e. The Hall–Kier alpha value is -3.17. The third kappa shape index (κ3) is 6.41. The highest BCUT2D eigenvalue weighted by molar-refractivity contribution is 9.10. The van der Waals surface area contributed by atoms with E-state index in [0.29, 0.717) is 6.54 Å². The van der Waals surface area contributed by atoms with Crippen LogP contribution >= 0.6 is 15.9 Å². The molecule has 1 aromatic carbocycles. The van der Waals surface area contributed by atoms with Gasteiger partial charge in [0.05, 0.1) is 22.6 Å². The van der Waals surface area contributed by atoms with Gasteiger partial charge >= 0.3 is 0 Å². The molecule has 0 saturated heterocycles. The van der Waals surface area contributed by atoms with Gasteiger partial charge in [0.15, 0.2) is 5.65 Å². The van der Waals surface area contributed by atoms with Crippen LogP contribution in [-0.2, 0) is 0 Å². The molecule has 0 aliphatic carbocycles. The zero-order valence-corrected chi connectivity index (χ0v) is 20.0. The highest BCUT2D eigenvalue weighted by atomic mass is 79.9. The summed E-state index contributed by atoms with van der Waals surface area (Å²) < 4.78 is 2.56. The fraction of sp³-hybridized carbons (Fsp3) is 0.261. The van der Waals surface area contributed by atoms with Gasteiger partial charge in [0, 0.05) is 37.0 Å². The van der Waals surface area contributed by atoms with Crippen LogP contribution in [0.3, 0.4) is 0 Å². The van der Waals surface area contributed by atoms with Crippen LogP contribution < -0.4 is 10.6 Å². The number of nitrogens with zero attached hydrogens (tertiary/aromatic N) is 5. The lowest BCUT2D eigenvalue weighted by Gasteiger charge is -2.12. The molecule has 32 heavy (non-hydrogen) atoms. The molecule has 0 spiro atoms. The summed E-state index contributed by atoms with van der Waals surface area (Å²) in [7, 11) is 4.08. The van der Waals surface area contributed by atoms with Crippen molar-refractivity contribution in [3.63, 3.8) is 0 Å². The lowest BCUT2D eigenvalue weighted by Crippen LogP contribution is -2.25. The van der Waals surface area contributed by atoms with Crippen molar-refractivity contribution in [1.82, 2.24) is 24.8 Å². The standard InChI is InChI=1S/C23H28BrN7O/c1-17(25-11-12-30(2)3)9-10-18(15-28-32)14-26-22-13-21(19-7-5-4-6-8-19)29-23-20(24)16-27-31(22)23/h4-10,13,15-16,25-26,32H,11-12,14H2,1-3H3/b17-9+,18-10-,28-15+. The second kappa shape index (κ2) is 11.4. The van der Waals surface area contributed by atoms with Gasteiger partial charge in [0.25, 0.3) is 0 Å². The van der Waals surface area contributed by atoms with Gasteiger partial charge in [-0.25, -0.2) is 4.98 Å². The fourth-order valence-corrected chi connectivity index (χ4v) is 3.35. The first-order valence-electron chi connectivity index (χ1n) is 10.2. The van der Waals surface area contributed by atoms with Crippen LogP contribution in [0.15, 0.2) is 75.6 Å². The minimum Gasteiger partial charge on any atom is -0.411 e. The van der Waals surface area contributed by atoms with E-state index in [4.69, 9.17) is 10.2 Å². The number of halogens is 1. The summed E-state index contributed by atoms with van der Waals surface area (Å²) >= 11 is 3.53. The van der Waals surface area contributed by atoms with Crippen LogP contribution in [0.4, 0.5) is 5.82 Å². The van der Waals surface area contributed by atoms with Gasteiger partial charge < -0.3 is 20.7 Å². The molecule has 9 heteroatoms. The predicted molar refractivity (Wildman–Crippen MR) is 133 cm³/mol. The minimum absolute atomic E-state index is 0.441. The number of fused-ring (bicyclic) bond motifs is 1. The lowest BCUT2D eigenvalue weighted by atomic mass is 10.1. The van der Waals surface area contributed by atoms with Gasteiger partial charge in [0.1, 0.15) is 5.82 Å². The van der Waals surface area contributed by atoms with Crippen molar-refractivity contribution in [2.45, 2.75) is 6.92 Å². The quantitative estimate of drug-likeness (QED) is 0.169. The zero-order chi connectivity index (χ0) is 22.9. The molecule has 3 N–H and O–H groups in total. The average molecular weight is 498 g/mol. The SMILES string of the molecule is C\C(=C/C=C(\C=N\O)CNc1cc(-c2ccccc2)nc2c(Br)cnn12)NCCN(C)C. The molecule has 0 unspecified atom stereocenters. The molecule has 8 nitrogen and oxygen atoms in total. The summed E-state index contributed by atoms with van der Waals surface area (Å²) in [5.74, 6) is 0.779. The summed E-state index contributed by atoms with van der Waals surface area (Å²) in [4.78, 5) is 6.86. The molecular weight excluding hydrogens is 470 g/mol. The predicted octanol–water partition coefficient (Wildman–Crippen LogP) is 4.01. The van der Waals surface area contributed by atoms with Gasteiger partial charge in [-0.05, 0) is 48.6 Å². The van der Waals surface area contributed by atoms with E-state index in [9.17, 15) is 0 Å². The topological polar surface area (TPSA) is 90.1 Å². The molecule has 0 fully saturated rings. The Bertz CT molecular complexity index is 1120. The summed E-state index contributed by atoms with van der Waals surface area (Å²) in [6.45, 7) is 4.25. The van der Waals surface area contributed by atoms with Crippen LogP contribution in [0.5, 0.6) is 0 Å². The van der Waals surface area contributed by atoms with Crippen molar-refractivity contribution in [3.05, 3.63) is 70.5 Å². The minimum atomic E-state index is 0.441. The molecule has 0 radical (unpaired) electrons. The first-order valence-corrected chi connectivity index (χ1v) is 11.0. The monoisotopic (exact) mass is 497 g/mol. The fourth-order valence-electron chi connectivity index (χ4n) is 3.00. The van der Waals surface area contributed by atoms with Gasteiger partial charge in [0.2, 0.25) is 0 Å². The average Bonchev–Trinajstić information content (AvgIpc) is 3.16. The van der Waals surface area contributed by atoms with Crippen molar-refractivity contribution < 1.29 is 5.21 Å². The summed E-state index contributed by atoms with van der Waals surface area (Å²) in [5, 5.41) is 23.5. The van der Waals surface area contributed by atoms with Crippen molar-refractivity contribution in [2.75, 3.05) is 39.0 Å². The van der Waals surface area contributed by atoms with Crippen molar-refractivity contribution in [1.29, 1.82) is 0 Å². The van der Waals surface area contributed by atoms with Crippen molar-refractivity contribution in [2.24, 2.45) is 5.16 Å². The second-order valence-corrected chi connectivity index (χ2v) is 8.39. The maximum Gasteiger partial charge on any atom is 0.172 e. The van der Waals surface area contributed by atoms with E-state index >= 15 is 0 Å². The van der Waals surface area contributed by atoms with E-state index in [1.54, 1.807) is 10.7 Å². The Labute approximate surface area is 196 Å². The van der Waals surface area contributed by atoms with Crippen LogP contribution in [-0.4, -0.2) is 64.6 Å². The Kier molecular flexibility index (Phi) is 8.41. The molecule has 0 amide bonds. The van der Waals surface area contributed by atoms with E-state index in [2.05, 4.69) is 41.7 Å². The summed E-state index contributed by atoms with van der Waals surface area (Å²) in [6, 6.07) is 11.9. The van der Waals surface area contributed by atoms with Gasteiger partial charge in [-0.2, -0.15) is 9.61 Å². The highest BCUT2D eigenvalue weighted by Crippen LogP contribution is 2.25. The van der Waals surface area contributed by atoms with Crippen molar-refractivity contribution in [3.8, 4) is 11.3 Å². The number of aromatic nitrogens is 3. The number of rotatable bonds is 10. The van der Waals surface area contributed by atoms with Gasteiger partial charge in [-0.3, -0.25) is 0 Å². The molecule has 0 aliphatic heterocycles. The maximum absolute atomic E-state index is 9.09. The maximum atomic E-state index is 9.09. The van der Waals surface area contributed by atoms with Crippen LogP contribution in [0.25, 0.3) is 16.9 Å². The third-order valence-corrected chi connectivity index (χ3v) is 5.27. The Morgan fingerprint density at radius 2 is 2.03 bits per heavy atom. The molecule has 2 heterocycles. The van der Waals surface area contributed by atoms with E-state index < -0.39 is 0 Å². The number of allylic oxidation sites excluding steroid dienone is 3. The van der Waals surface area contributed by atoms with Crippen LogP contribution in [0.1, 0.15) is 6.92 Å². The number of hydrogen-bond acceptors (Lipinski definition) is 7. The zero-order valence-electron chi connectivity index (χ0n) is 18.5. The number of anilines is 1. The molecular formula is C23H28BrN7O. The molecule has 2 aromatic heterocycles. The van der Waals surface area contributed by atoms with Crippen LogP contribution in [0, 0.1) is 0 Å². The second-order valence-electron chi connectivity index (χ2n) is 7.54. The van der Waals surface area contributed by atoms with E-state index in [0.717, 1.165) is 51.6 Å². The first kappa shape index (κ1) is 23.5. The lowest BCUT2D eigenvalue weighted by molar-refractivity contribution is 0.321. The Morgan fingerprint density at radius 3 is 2.75 bits per heavy atom. The molecule has 0 atom stereocenters.